The smallest absolute Gasteiger partial charge is 0.349 e. The summed E-state index contributed by atoms with van der Waals surface area (Å²) in [5.74, 6) is 0.845. The van der Waals surface area contributed by atoms with Crippen molar-refractivity contribution in [3.63, 3.8) is 0 Å². The molecule has 1 N–H and O–H groups in total. The predicted octanol–water partition coefficient (Wildman–Crippen LogP) is 7.47. The fourth-order valence-corrected chi connectivity index (χ4v) is 11.5. The van der Waals surface area contributed by atoms with E-state index in [1.165, 1.54) is 4.57 Å². The highest BCUT2D eigenvalue weighted by molar-refractivity contribution is 7.91. The molecule has 8 rings (SSSR count). The van der Waals surface area contributed by atoms with Crippen molar-refractivity contribution >= 4 is 30.1 Å². The van der Waals surface area contributed by atoms with Crippen molar-refractivity contribution in [1.82, 2.24) is 14.2 Å². The zero-order valence-electron chi connectivity index (χ0n) is 34.3. The van der Waals surface area contributed by atoms with Crippen LogP contribution in [0.5, 0.6) is 11.5 Å². The summed E-state index contributed by atoms with van der Waals surface area (Å²) >= 11 is 0. The molecule has 320 valence electrons. The van der Waals surface area contributed by atoms with E-state index in [0.29, 0.717) is 23.6 Å². The summed E-state index contributed by atoms with van der Waals surface area (Å²) in [5.41, 5.74) is 1.05. The lowest BCUT2D eigenvalue weighted by molar-refractivity contribution is -0.0363. The quantitative estimate of drug-likeness (QED) is 0.0719. The number of methoxy groups -OCH3 is 2. The number of hydrogen-bond acceptors (Lipinski definition) is 11. The molecular formula is C47H47N4O9PS. The third-order valence-electron chi connectivity index (χ3n) is 11.1. The Hall–Kier alpha value is -5.73. The molecule has 1 aromatic heterocycles. The SMILES string of the molecule is COc1ccc(C(OC[C@H](Cn2ccc(NC(=O)c3ccccc3)nc2=O)O[P@]2O[C@H](CS(=O)(=O)c3ccccc3)[C@@H]3CCCN32)(c2ccccc2)c2ccc(OC)cc2)cc1. The lowest BCUT2D eigenvalue weighted by atomic mass is 9.80. The van der Waals surface area contributed by atoms with Gasteiger partial charge in [-0.15, -0.1) is 0 Å². The largest absolute Gasteiger partial charge is 0.497 e. The molecule has 3 heterocycles. The average molecular weight is 875 g/mol. The van der Waals surface area contributed by atoms with Gasteiger partial charge in [0.25, 0.3) is 14.4 Å². The Balaban J connectivity index is 1.14. The third-order valence-corrected chi connectivity index (χ3v) is 14.7. The summed E-state index contributed by atoms with van der Waals surface area (Å²) in [7, 11) is -2.24. The molecule has 0 unspecified atom stereocenters. The second-order valence-electron chi connectivity index (χ2n) is 15.0. The maximum atomic E-state index is 13.7. The molecule has 1 amide bonds. The number of ether oxygens (including phenoxy) is 3. The summed E-state index contributed by atoms with van der Waals surface area (Å²) in [6.45, 7) is 0.594. The molecule has 2 aliphatic rings. The Kier molecular flexibility index (Phi) is 13.2. The summed E-state index contributed by atoms with van der Waals surface area (Å²) in [6.07, 6.45) is 1.71. The molecule has 0 saturated carbocycles. The molecule has 0 aliphatic carbocycles. The van der Waals surface area contributed by atoms with Crippen LogP contribution in [0.3, 0.4) is 0 Å². The molecule has 2 saturated heterocycles. The molecular weight excluding hydrogens is 828 g/mol. The topological polar surface area (TPSA) is 148 Å². The van der Waals surface area contributed by atoms with Gasteiger partial charge in [-0.05, 0) is 84.1 Å². The van der Waals surface area contributed by atoms with Gasteiger partial charge in [-0.1, -0.05) is 91.0 Å². The first kappa shape index (κ1) is 42.9. The van der Waals surface area contributed by atoms with Gasteiger partial charge in [0.1, 0.15) is 29.0 Å². The summed E-state index contributed by atoms with van der Waals surface area (Å²) in [6, 6.07) is 43.6. The highest BCUT2D eigenvalue weighted by Gasteiger charge is 2.49. The normalized spacial score (nSPS) is 18.2. The first-order valence-corrected chi connectivity index (χ1v) is 23.1. The zero-order valence-corrected chi connectivity index (χ0v) is 36.0. The van der Waals surface area contributed by atoms with Crippen LogP contribution in [0.2, 0.25) is 0 Å². The first-order chi connectivity index (χ1) is 30.2. The second-order valence-corrected chi connectivity index (χ2v) is 18.4. The van der Waals surface area contributed by atoms with Gasteiger partial charge in [-0.3, -0.25) is 9.36 Å². The maximum Gasteiger partial charge on any atom is 0.349 e. The minimum atomic E-state index is -3.67. The Labute approximate surface area is 362 Å². The number of carbonyl (C=O) groups excluding carboxylic acids is 1. The predicted molar refractivity (Wildman–Crippen MR) is 236 cm³/mol. The van der Waals surface area contributed by atoms with Crippen LogP contribution in [0.4, 0.5) is 5.82 Å². The molecule has 0 radical (unpaired) electrons. The van der Waals surface area contributed by atoms with Crippen molar-refractivity contribution in [3.05, 3.63) is 185 Å². The van der Waals surface area contributed by atoms with Crippen LogP contribution in [0.25, 0.3) is 0 Å². The van der Waals surface area contributed by atoms with Crippen LogP contribution in [0.1, 0.15) is 39.9 Å². The van der Waals surface area contributed by atoms with E-state index in [9.17, 15) is 18.0 Å². The standard InChI is InChI=1S/C47H47N4O9PS/c1-56-38-24-20-36(21-25-38)47(35-15-8-4-9-16-35,37-22-26-39(57-2)27-23-37)58-32-40(31-50-30-28-44(49-46(50)53)48-45(52)34-13-6-3-7-14-34)59-61-51-29-12-19-42(51)43(60-61)33-62(54,55)41-17-10-5-11-18-41/h3-11,13-18,20-28,30,40,42-43H,12,19,29,31-33H2,1-2H3,(H,48,49,52,53)/t40-,42-,43+,61+/m0/s1. The Morgan fingerprint density at radius 3 is 2.00 bits per heavy atom. The second kappa shape index (κ2) is 19.1. The molecule has 15 heteroatoms. The van der Waals surface area contributed by atoms with Crippen molar-refractivity contribution in [2.45, 2.75) is 48.1 Å². The number of benzene rings is 5. The number of anilines is 1. The molecule has 0 spiro atoms. The van der Waals surface area contributed by atoms with E-state index in [4.69, 9.17) is 23.3 Å². The van der Waals surface area contributed by atoms with Gasteiger partial charge in [-0.25, -0.2) is 17.9 Å². The van der Waals surface area contributed by atoms with Crippen molar-refractivity contribution in [1.29, 1.82) is 0 Å². The van der Waals surface area contributed by atoms with Gasteiger partial charge in [0, 0.05) is 24.3 Å². The number of carbonyl (C=O) groups is 1. The van der Waals surface area contributed by atoms with E-state index in [1.807, 2.05) is 84.9 Å². The van der Waals surface area contributed by atoms with Gasteiger partial charge in [0.2, 0.25) is 0 Å². The van der Waals surface area contributed by atoms with E-state index >= 15 is 0 Å². The van der Waals surface area contributed by atoms with Gasteiger partial charge < -0.3 is 28.6 Å². The van der Waals surface area contributed by atoms with Gasteiger partial charge >= 0.3 is 5.69 Å². The fourth-order valence-electron chi connectivity index (χ4n) is 7.94. The minimum absolute atomic E-state index is 0.0114. The molecule has 62 heavy (non-hydrogen) atoms. The van der Waals surface area contributed by atoms with E-state index in [2.05, 4.69) is 15.0 Å². The Bertz CT molecular complexity index is 2560. The third kappa shape index (κ3) is 9.36. The summed E-state index contributed by atoms with van der Waals surface area (Å²) in [4.78, 5) is 31.1. The van der Waals surface area contributed by atoms with Crippen LogP contribution in [-0.2, 0) is 35.8 Å². The van der Waals surface area contributed by atoms with Crippen LogP contribution < -0.4 is 20.5 Å². The van der Waals surface area contributed by atoms with E-state index in [-0.39, 0.29) is 35.7 Å². The molecule has 2 fully saturated rings. The van der Waals surface area contributed by atoms with Crippen molar-refractivity contribution in [2.24, 2.45) is 0 Å². The van der Waals surface area contributed by atoms with E-state index < -0.39 is 47.8 Å². The van der Waals surface area contributed by atoms with Gasteiger partial charge in [0.15, 0.2) is 9.84 Å². The van der Waals surface area contributed by atoms with Crippen molar-refractivity contribution < 1.29 is 36.5 Å². The number of sulfone groups is 1. The number of nitrogens with one attached hydrogen (secondary N) is 1. The summed E-state index contributed by atoms with van der Waals surface area (Å²) in [5, 5.41) is 2.70. The minimum Gasteiger partial charge on any atom is -0.497 e. The summed E-state index contributed by atoms with van der Waals surface area (Å²) < 4.78 is 62.6. The lowest BCUT2D eigenvalue weighted by Crippen LogP contribution is -2.39. The van der Waals surface area contributed by atoms with Crippen LogP contribution in [0.15, 0.2) is 161 Å². The van der Waals surface area contributed by atoms with E-state index in [1.54, 1.807) is 81.1 Å². The number of amides is 1. The number of hydrogen-bond donors (Lipinski definition) is 1. The van der Waals surface area contributed by atoms with Gasteiger partial charge in [-0.2, -0.15) is 4.98 Å². The molecule has 2 aliphatic heterocycles. The first-order valence-electron chi connectivity index (χ1n) is 20.3. The molecule has 13 nitrogen and oxygen atoms in total. The fraction of sp³-hybridized carbons (Fsp3) is 0.255. The van der Waals surface area contributed by atoms with Crippen LogP contribution >= 0.6 is 8.53 Å². The zero-order chi connectivity index (χ0) is 43.1. The number of rotatable bonds is 17. The van der Waals surface area contributed by atoms with Crippen molar-refractivity contribution in [3.8, 4) is 11.5 Å². The van der Waals surface area contributed by atoms with Gasteiger partial charge in [0.05, 0.1) is 44.1 Å². The lowest BCUT2D eigenvalue weighted by Gasteiger charge is -2.37. The number of fused-ring (bicyclic) bond motifs is 1. The van der Waals surface area contributed by atoms with Crippen LogP contribution in [0, 0.1) is 0 Å². The highest BCUT2D eigenvalue weighted by atomic mass is 32.2. The molecule has 4 atom stereocenters. The Morgan fingerprint density at radius 2 is 1.40 bits per heavy atom. The maximum absolute atomic E-state index is 13.7. The van der Waals surface area contributed by atoms with Crippen LogP contribution in [-0.4, -0.2) is 79.9 Å². The van der Waals surface area contributed by atoms with Crippen molar-refractivity contribution in [2.75, 3.05) is 38.4 Å². The highest BCUT2D eigenvalue weighted by Crippen LogP contribution is 2.57. The average Bonchev–Trinajstić information content (AvgIpc) is 3.92. The molecule has 0 bridgehead atoms. The monoisotopic (exact) mass is 874 g/mol. The number of nitrogens with zero attached hydrogens (tertiary/aromatic N) is 3. The molecule has 6 aromatic rings. The number of aromatic nitrogens is 2. The molecule has 5 aromatic carbocycles. The van der Waals surface area contributed by atoms with E-state index in [0.717, 1.165) is 29.5 Å². The Morgan fingerprint density at radius 1 is 0.823 bits per heavy atom.